The molecule has 0 aliphatic heterocycles. The lowest BCUT2D eigenvalue weighted by atomic mass is 9.83. The number of methoxy groups -OCH3 is 2. The van der Waals surface area contributed by atoms with Crippen molar-refractivity contribution in [3.63, 3.8) is 0 Å². The van der Waals surface area contributed by atoms with E-state index in [1.54, 1.807) is 24.9 Å². The Kier molecular flexibility index (Phi) is 5.25. The second-order valence-corrected chi connectivity index (χ2v) is 7.35. The minimum absolute atomic E-state index is 0.0701. The number of hydrogen-bond acceptors (Lipinski definition) is 5. The second kappa shape index (κ2) is 7.85. The molecule has 3 aromatic rings. The van der Waals surface area contributed by atoms with E-state index in [1.807, 2.05) is 30.5 Å². The molecule has 0 unspecified atom stereocenters. The lowest BCUT2D eigenvalue weighted by Gasteiger charge is -2.27. The van der Waals surface area contributed by atoms with Crippen molar-refractivity contribution < 1.29 is 18.3 Å². The first-order valence-electron chi connectivity index (χ1n) is 9.66. The molecular weight excluding hydrogens is 378 g/mol. The van der Waals surface area contributed by atoms with Crippen molar-refractivity contribution >= 4 is 11.5 Å². The first-order chi connectivity index (χ1) is 14.0. The molecule has 1 aliphatic carbocycles. The van der Waals surface area contributed by atoms with Gasteiger partial charge in [0.05, 0.1) is 20.4 Å². The molecular formula is C21H24F2N4O2. The Hall–Kier alpha value is -2.90. The predicted octanol–water partition coefficient (Wildman–Crippen LogP) is 4.65. The Morgan fingerprint density at radius 2 is 1.90 bits per heavy atom. The summed E-state index contributed by atoms with van der Waals surface area (Å²) in [5, 5.41) is 7.65. The van der Waals surface area contributed by atoms with Crippen LogP contribution in [-0.2, 0) is 6.54 Å². The molecule has 0 spiro atoms. The molecule has 1 aromatic carbocycles. The van der Waals surface area contributed by atoms with Crippen LogP contribution < -0.4 is 14.8 Å². The largest absolute Gasteiger partial charge is 0.493 e. The summed E-state index contributed by atoms with van der Waals surface area (Å²) < 4.78 is 39.3. The number of ether oxygens (including phenoxy) is 2. The third-order valence-electron chi connectivity index (χ3n) is 5.47. The molecule has 0 atom stereocenters. The van der Waals surface area contributed by atoms with E-state index in [9.17, 15) is 8.78 Å². The zero-order valence-electron chi connectivity index (χ0n) is 16.5. The van der Waals surface area contributed by atoms with E-state index in [1.165, 1.54) is 0 Å². The number of nitrogens with one attached hydrogen (secondary N) is 1. The summed E-state index contributed by atoms with van der Waals surface area (Å²) in [6.07, 6.45) is 4.35. The van der Waals surface area contributed by atoms with Gasteiger partial charge in [0.15, 0.2) is 17.1 Å². The highest BCUT2D eigenvalue weighted by atomic mass is 19.3. The minimum atomic E-state index is -2.54. The zero-order valence-corrected chi connectivity index (χ0v) is 16.5. The topological polar surface area (TPSA) is 60.7 Å². The molecule has 1 fully saturated rings. The second-order valence-electron chi connectivity index (χ2n) is 7.35. The van der Waals surface area contributed by atoms with Crippen molar-refractivity contribution in [1.82, 2.24) is 14.6 Å². The highest BCUT2D eigenvalue weighted by molar-refractivity contribution is 5.53. The van der Waals surface area contributed by atoms with Gasteiger partial charge in [0.2, 0.25) is 5.92 Å². The Morgan fingerprint density at radius 3 is 2.62 bits per heavy atom. The summed E-state index contributed by atoms with van der Waals surface area (Å²) in [5.41, 5.74) is 2.68. The van der Waals surface area contributed by atoms with Gasteiger partial charge in [0, 0.05) is 31.1 Å². The minimum Gasteiger partial charge on any atom is -0.493 e. The average molecular weight is 402 g/mol. The first kappa shape index (κ1) is 19.4. The fourth-order valence-electron chi connectivity index (χ4n) is 3.81. The van der Waals surface area contributed by atoms with Crippen LogP contribution in [0.25, 0.3) is 5.65 Å². The number of nitrogens with zero attached hydrogens (tertiary/aromatic N) is 3. The maximum atomic E-state index is 13.5. The fraction of sp³-hybridized carbons (Fsp3) is 0.429. The zero-order chi connectivity index (χ0) is 20.4. The lowest BCUT2D eigenvalue weighted by Crippen LogP contribution is -2.23. The van der Waals surface area contributed by atoms with Gasteiger partial charge >= 0.3 is 0 Å². The van der Waals surface area contributed by atoms with Crippen LogP contribution in [0.2, 0.25) is 0 Å². The van der Waals surface area contributed by atoms with Crippen molar-refractivity contribution in [2.45, 2.75) is 44.1 Å². The van der Waals surface area contributed by atoms with Gasteiger partial charge in [0.1, 0.15) is 5.82 Å². The van der Waals surface area contributed by atoms with E-state index in [4.69, 9.17) is 9.47 Å². The quantitative estimate of drug-likeness (QED) is 0.650. The van der Waals surface area contributed by atoms with E-state index in [2.05, 4.69) is 15.4 Å². The summed E-state index contributed by atoms with van der Waals surface area (Å²) in [6.45, 7) is 0.558. The Labute approximate surface area is 167 Å². The van der Waals surface area contributed by atoms with Crippen molar-refractivity contribution in [3.8, 4) is 11.5 Å². The number of rotatable bonds is 6. The normalized spacial score (nSPS) is 16.7. The highest BCUT2D eigenvalue weighted by Gasteiger charge is 2.36. The van der Waals surface area contributed by atoms with Crippen molar-refractivity contribution in [2.24, 2.45) is 0 Å². The number of anilines is 1. The fourth-order valence-corrected chi connectivity index (χ4v) is 3.81. The summed E-state index contributed by atoms with van der Waals surface area (Å²) >= 11 is 0. The highest BCUT2D eigenvalue weighted by Crippen LogP contribution is 2.41. The summed E-state index contributed by atoms with van der Waals surface area (Å²) in [7, 11) is 3.21. The Balaban J connectivity index is 1.50. The summed E-state index contributed by atoms with van der Waals surface area (Å²) in [6, 6.07) is 7.58. The molecule has 29 heavy (non-hydrogen) atoms. The molecule has 6 nitrogen and oxygen atoms in total. The smallest absolute Gasteiger partial charge is 0.248 e. The van der Waals surface area contributed by atoms with E-state index in [-0.39, 0.29) is 18.8 Å². The summed E-state index contributed by atoms with van der Waals surface area (Å²) in [5.74, 6) is -0.421. The maximum absolute atomic E-state index is 13.5. The molecule has 1 N–H and O–H groups in total. The average Bonchev–Trinajstić information content (AvgIpc) is 3.15. The van der Waals surface area contributed by atoms with Crippen LogP contribution >= 0.6 is 0 Å². The van der Waals surface area contributed by atoms with Gasteiger partial charge in [0.25, 0.3) is 0 Å². The van der Waals surface area contributed by atoms with Gasteiger partial charge in [-0.1, -0.05) is 6.07 Å². The molecule has 2 heterocycles. The van der Waals surface area contributed by atoms with Crippen molar-refractivity contribution in [1.29, 1.82) is 0 Å². The number of fused-ring (bicyclic) bond motifs is 1. The van der Waals surface area contributed by atoms with Crippen LogP contribution in [0.5, 0.6) is 11.5 Å². The van der Waals surface area contributed by atoms with Crippen LogP contribution in [0.4, 0.5) is 14.6 Å². The lowest BCUT2D eigenvalue weighted by molar-refractivity contribution is -0.0381. The molecule has 8 heteroatoms. The van der Waals surface area contributed by atoms with Gasteiger partial charge < -0.3 is 14.8 Å². The van der Waals surface area contributed by atoms with E-state index >= 15 is 0 Å². The molecule has 2 aromatic heterocycles. The van der Waals surface area contributed by atoms with Crippen LogP contribution in [0.1, 0.15) is 42.7 Å². The van der Waals surface area contributed by atoms with Gasteiger partial charge in [-0.2, -0.15) is 5.10 Å². The predicted molar refractivity (Wildman–Crippen MR) is 106 cm³/mol. The third-order valence-corrected chi connectivity index (χ3v) is 5.47. The molecule has 0 bridgehead atoms. The van der Waals surface area contributed by atoms with E-state index < -0.39 is 5.92 Å². The van der Waals surface area contributed by atoms with Crippen LogP contribution in [0.15, 0.2) is 36.7 Å². The number of halogens is 2. The molecule has 0 radical (unpaired) electrons. The molecule has 0 amide bonds. The SMILES string of the molecule is COc1ccc(CNc2ccn3ncc(C4CCC(F)(F)CC4)c3n2)cc1OC. The molecule has 1 aliphatic rings. The van der Waals surface area contributed by atoms with Crippen LogP contribution in [0.3, 0.4) is 0 Å². The Bertz CT molecular complexity index is 996. The Morgan fingerprint density at radius 1 is 1.14 bits per heavy atom. The number of aromatic nitrogens is 3. The number of benzene rings is 1. The molecule has 1 saturated carbocycles. The van der Waals surface area contributed by atoms with Crippen LogP contribution in [0, 0.1) is 0 Å². The molecule has 4 rings (SSSR count). The number of alkyl halides is 2. The van der Waals surface area contributed by atoms with Crippen LogP contribution in [-0.4, -0.2) is 34.7 Å². The third kappa shape index (κ3) is 4.11. The van der Waals surface area contributed by atoms with Gasteiger partial charge in [-0.15, -0.1) is 0 Å². The van der Waals surface area contributed by atoms with E-state index in [0.29, 0.717) is 36.7 Å². The monoisotopic (exact) mass is 402 g/mol. The van der Waals surface area contributed by atoms with Gasteiger partial charge in [-0.3, -0.25) is 0 Å². The maximum Gasteiger partial charge on any atom is 0.248 e. The number of hydrogen-bond donors (Lipinski definition) is 1. The molecule has 0 saturated heterocycles. The van der Waals surface area contributed by atoms with Crippen molar-refractivity contribution in [3.05, 3.63) is 47.8 Å². The van der Waals surface area contributed by atoms with E-state index in [0.717, 1.165) is 16.8 Å². The molecule has 154 valence electrons. The first-order valence-corrected chi connectivity index (χ1v) is 9.66. The standard InChI is InChI=1S/C21H24F2N4O2/c1-28-17-4-3-14(11-18(17)29-2)12-24-19-7-10-27-20(26-19)16(13-25-27)15-5-8-21(22,23)9-6-15/h3-4,7,10-11,13,15H,5-6,8-9,12H2,1-2H3,(H,24,26). The van der Waals surface area contributed by atoms with Gasteiger partial charge in [-0.05, 0) is 42.5 Å². The van der Waals surface area contributed by atoms with Gasteiger partial charge in [-0.25, -0.2) is 18.3 Å². The summed E-state index contributed by atoms with van der Waals surface area (Å²) in [4.78, 5) is 4.68. The van der Waals surface area contributed by atoms with Crippen molar-refractivity contribution in [2.75, 3.05) is 19.5 Å².